The topological polar surface area (TPSA) is 68.9 Å². The van der Waals surface area contributed by atoms with E-state index < -0.39 is 0 Å². The van der Waals surface area contributed by atoms with Crippen LogP contribution in [0.4, 0.5) is 0 Å². The number of rotatable bonds is 7. The molecule has 0 bridgehead atoms. The van der Waals surface area contributed by atoms with E-state index in [0.29, 0.717) is 25.7 Å². The number of benzene rings is 1. The Bertz CT molecular complexity index is 413. The van der Waals surface area contributed by atoms with Gasteiger partial charge < -0.3 is 20.5 Å². The monoisotopic (exact) mass is 393 g/mol. The minimum Gasteiger partial charge on any atom is -0.494 e. The zero-order valence-corrected chi connectivity index (χ0v) is 14.6. The van der Waals surface area contributed by atoms with Crippen LogP contribution in [0.5, 0.6) is 5.75 Å². The minimum atomic E-state index is 0. The number of ether oxygens (including phenoxy) is 2. The Morgan fingerprint density at radius 2 is 2.10 bits per heavy atom. The second-order valence-electron chi connectivity index (χ2n) is 4.24. The van der Waals surface area contributed by atoms with Crippen LogP contribution in [-0.4, -0.2) is 32.3 Å². The lowest BCUT2D eigenvalue weighted by Crippen LogP contribution is -2.40. The van der Waals surface area contributed by atoms with Gasteiger partial charge in [0.15, 0.2) is 5.96 Å². The molecule has 1 unspecified atom stereocenters. The second-order valence-corrected chi connectivity index (χ2v) is 4.24. The van der Waals surface area contributed by atoms with Crippen molar-refractivity contribution in [3.05, 3.63) is 29.8 Å². The van der Waals surface area contributed by atoms with Crippen molar-refractivity contribution < 1.29 is 9.47 Å². The zero-order chi connectivity index (χ0) is 14.1. The van der Waals surface area contributed by atoms with Crippen LogP contribution < -0.4 is 15.8 Å². The Balaban J connectivity index is 0.00000361. The molecule has 0 fully saturated rings. The van der Waals surface area contributed by atoms with E-state index in [1.54, 1.807) is 7.11 Å². The van der Waals surface area contributed by atoms with Crippen molar-refractivity contribution in [1.82, 2.24) is 5.32 Å². The molecule has 1 rings (SSSR count). The molecule has 20 heavy (non-hydrogen) atoms. The quantitative estimate of drug-likeness (QED) is 0.423. The molecule has 3 N–H and O–H groups in total. The standard InChI is InChI=1S/C14H23N3O2.HI/c1-4-19-13-8-6-5-7-12(13)9-16-14(15)17-11(2)10-18-3;/h5-8,11H,4,9-10H2,1-3H3,(H3,15,16,17);1H. The van der Waals surface area contributed by atoms with E-state index in [4.69, 9.17) is 15.2 Å². The Morgan fingerprint density at radius 3 is 2.75 bits per heavy atom. The van der Waals surface area contributed by atoms with Crippen LogP contribution in [0.2, 0.25) is 0 Å². The molecule has 0 saturated heterocycles. The summed E-state index contributed by atoms with van der Waals surface area (Å²) in [5.74, 6) is 1.27. The SMILES string of the molecule is CCOc1ccccc1CN=C(N)NC(C)COC.I. The Morgan fingerprint density at radius 1 is 1.40 bits per heavy atom. The first-order valence-corrected chi connectivity index (χ1v) is 6.43. The van der Waals surface area contributed by atoms with E-state index in [-0.39, 0.29) is 30.0 Å². The molecule has 0 heterocycles. The third-order valence-corrected chi connectivity index (χ3v) is 2.50. The number of methoxy groups -OCH3 is 1. The fourth-order valence-electron chi connectivity index (χ4n) is 1.69. The number of nitrogens with two attached hydrogens (primary N) is 1. The van der Waals surface area contributed by atoms with Gasteiger partial charge in [0, 0.05) is 18.7 Å². The maximum absolute atomic E-state index is 5.82. The lowest BCUT2D eigenvalue weighted by molar-refractivity contribution is 0.179. The molecular formula is C14H24IN3O2. The number of para-hydroxylation sites is 1. The molecule has 5 nitrogen and oxygen atoms in total. The van der Waals surface area contributed by atoms with Crippen molar-refractivity contribution in [2.24, 2.45) is 10.7 Å². The highest BCUT2D eigenvalue weighted by Crippen LogP contribution is 2.18. The summed E-state index contributed by atoms with van der Waals surface area (Å²) in [6, 6.07) is 7.97. The van der Waals surface area contributed by atoms with Gasteiger partial charge in [-0.2, -0.15) is 0 Å². The van der Waals surface area contributed by atoms with Crippen LogP contribution in [0.15, 0.2) is 29.3 Å². The largest absolute Gasteiger partial charge is 0.494 e. The van der Waals surface area contributed by atoms with Gasteiger partial charge >= 0.3 is 0 Å². The number of aliphatic imine (C=N–C) groups is 1. The summed E-state index contributed by atoms with van der Waals surface area (Å²) in [5.41, 5.74) is 6.84. The number of nitrogens with one attached hydrogen (secondary N) is 1. The van der Waals surface area contributed by atoms with E-state index in [1.807, 2.05) is 38.1 Å². The maximum Gasteiger partial charge on any atom is 0.189 e. The summed E-state index contributed by atoms with van der Waals surface area (Å²) in [5, 5.41) is 3.06. The lowest BCUT2D eigenvalue weighted by atomic mass is 10.2. The van der Waals surface area contributed by atoms with Crippen molar-refractivity contribution in [3.8, 4) is 5.75 Å². The zero-order valence-electron chi connectivity index (χ0n) is 12.3. The number of hydrogen-bond acceptors (Lipinski definition) is 3. The van der Waals surface area contributed by atoms with Crippen LogP contribution >= 0.6 is 24.0 Å². The van der Waals surface area contributed by atoms with Gasteiger partial charge in [0.2, 0.25) is 0 Å². The van der Waals surface area contributed by atoms with Crippen LogP contribution in [0, 0.1) is 0 Å². The molecule has 6 heteroatoms. The van der Waals surface area contributed by atoms with E-state index in [9.17, 15) is 0 Å². The third kappa shape index (κ3) is 6.95. The molecule has 0 aliphatic rings. The number of guanidine groups is 1. The fraction of sp³-hybridized carbons (Fsp3) is 0.500. The maximum atomic E-state index is 5.82. The minimum absolute atomic E-state index is 0. The van der Waals surface area contributed by atoms with Gasteiger partial charge in [-0.1, -0.05) is 18.2 Å². The molecule has 0 aromatic heterocycles. The molecule has 1 atom stereocenters. The highest BCUT2D eigenvalue weighted by molar-refractivity contribution is 14.0. The first-order chi connectivity index (χ1) is 9.17. The summed E-state index contributed by atoms with van der Waals surface area (Å²) in [4.78, 5) is 4.31. The van der Waals surface area contributed by atoms with Gasteiger partial charge in [-0.15, -0.1) is 24.0 Å². The Hall–Kier alpha value is -1.02. The molecule has 1 aromatic rings. The number of halogens is 1. The van der Waals surface area contributed by atoms with Gasteiger partial charge in [-0.25, -0.2) is 4.99 Å². The van der Waals surface area contributed by atoms with Crippen LogP contribution in [-0.2, 0) is 11.3 Å². The van der Waals surface area contributed by atoms with Gasteiger partial charge in [0.05, 0.1) is 19.8 Å². The third-order valence-electron chi connectivity index (χ3n) is 2.50. The van der Waals surface area contributed by atoms with Gasteiger partial charge in [-0.05, 0) is 19.9 Å². The highest BCUT2D eigenvalue weighted by Gasteiger charge is 2.04. The number of nitrogens with zero attached hydrogens (tertiary/aromatic N) is 1. The summed E-state index contributed by atoms with van der Waals surface area (Å²) >= 11 is 0. The fourth-order valence-corrected chi connectivity index (χ4v) is 1.69. The summed E-state index contributed by atoms with van der Waals surface area (Å²) < 4.78 is 10.6. The summed E-state index contributed by atoms with van der Waals surface area (Å²) in [6.45, 7) is 5.67. The van der Waals surface area contributed by atoms with Crippen molar-refractivity contribution in [1.29, 1.82) is 0 Å². The van der Waals surface area contributed by atoms with Gasteiger partial charge in [0.1, 0.15) is 5.75 Å². The van der Waals surface area contributed by atoms with Crippen molar-refractivity contribution in [2.75, 3.05) is 20.3 Å². The highest BCUT2D eigenvalue weighted by atomic mass is 127. The average molecular weight is 393 g/mol. The molecular weight excluding hydrogens is 369 g/mol. The van der Waals surface area contributed by atoms with Gasteiger partial charge in [-0.3, -0.25) is 0 Å². The smallest absolute Gasteiger partial charge is 0.189 e. The molecule has 0 saturated carbocycles. The molecule has 0 spiro atoms. The Kier molecular flexibility index (Phi) is 10.2. The van der Waals surface area contributed by atoms with Crippen molar-refractivity contribution in [3.63, 3.8) is 0 Å². The van der Waals surface area contributed by atoms with Crippen LogP contribution in [0.1, 0.15) is 19.4 Å². The molecule has 0 amide bonds. The normalized spacial score (nSPS) is 12.4. The van der Waals surface area contributed by atoms with Crippen LogP contribution in [0.3, 0.4) is 0 Å². The predicted molar refractivity (Wildman–Crippen MR) is 92.8 cm³/mol. The van der Waals surface area contributed by atoms with E-state index >= 15 is 0 Å². The molecule has 1 aromatic carbocycles. The lowest BCUT2D eigenvalue weighted by Gasteiger charge is -2.13. The molecule has 0 radical (unpaired) electrons. The average Bonchev–Trinajstić information content (AvgIpc) is 2.38. The van der Waals surface area contributed by atoms with Crippen molar-refractivity contribution >= 4 is 29.9 Å². The van der Waals surface area contributed by atoms with Crippen molar-refractivity contribution in [2.45, 2.75) is 26.4 Å². The molecule has 0 aliphatic heterocycles. The molecule has 114 valence electrons. The van der Waals surface area contributed by atoms with Gasteiger partial charge in [0.25, 0.3) is 0 Å². The summed E-state index contributed by atoms with van der Waals surface area (Å²) in [7, 11) is 1.66. The first-order valence-electron chi connectivity index (χ1n) is 6.43. The van der Waals surface area contributed by atoms with E-state index in [0.717, 1.165) is 11.3 Å². The number of hydrogen-bond donors (Lipinski definition) is 2. The predicted octanol–water partition coefficient (Wildman–Crippen LogP) is 2.14. The molecule has 0 aliphatic carbocycles. The Labute approximate surface area is 138 Å². The summed E-state index contributed by atoms with van der Waals surface area (Å²) in [6.07, 6.45) is 0. The second kappa shape index (κ2) is 10.7. The first kappa shape index (κ1) is 19.0. The van der Waals surface area contributed by atoms with E-state index in [2.05, 4.69) is 10.3 Å². The van der Waals surface area contributed by atoms with Crippen LogP contribution in [0.25, 0.3) is 0 Å². The van der Waals surface area contributed by atoms with E-state index in [1.165, 1.54) is 0 Å².